The van der Waals surface area contributed by atoms with Crippen LogP contribution < -0.4 is 11.1 Å². The molecule has 0 spiro atoms. The molecule has 0 radical (unpaired) electrons. The number of carbonyl (C=O) groups excluding carboxylic acids is 1. The maximum Gasteiger partial charge on any atom is 0.271 e. The summed E-state index contributed by atoms with van der Waals surface area (Å²) in [5.41, 5.74) is 9.05. The molecule has 0 saturated carbocycles. The second-order valence-corrected chi connectivity index (χ2v) is 4.63. The van der Waals surface area contributed by atoms with Crippen LogP contribution in [0.3, 0.4) is 0 Å². The van der Waals surface area contributed by atoms with Gasteiger partial charge in [0.1, 0.15) is 5.69 Å². The molecule has 106 valence electrons. The zero-order valence-electron chi connectivity index (χ0n) is 11.6. The SMILES string of the molecule is Cc1nn(C)c(C(=O)NCc2ccc(CO)cc2)c1N. The molecule has 1 heterocycles. The third-order valence-electron chi connectivity index (χ3n) is 3.14. The molecule has 1 aromatic heterocycles. The normalized spacial score (nSPS) is 10.6. The van der Waals surface area contributed by atoms with Crippen molar-refractivity contribution in [2.45, 2.75) is 20.1 Å². The molecule has 2 rings (SSSR count). The Morgan fingerprint density at radius 3 is 2.45 bits per heavy atom. The Balaban J connectivity index is 2.04. The summed E-state index contributed by atoms with van der Waals surface area (Å²) in [6.45, 7) is 2.17. The van der Waals surface area contributed by atoms with Crippen LogP contribution in [0.1, 0.15) is 27.3 Å². The Bertz CT molecular complexity index is 617. The number of nitrogens with two attached hydrogens (primary N) is 1. The Kier molecular flexibility index (Phi) is 4.05. The number of aryl methyl sites for hydroxylation is 2. The van der Waals surface area contributed by atoms with Gasteiger partial charge in [0, 0.05) is 13.6 Å². The molecule has 0 bridgehead atoms. The van der Waals surface area contributed by atoms with Gasteiger partial charge in [0.15, 0.2) is 0 Å². The van der Waals surface area contributed by atoms with Crippen molar-refractivity contribution in [1.82, 2.24) is 15.1 Å². The van der Waals surface area contributed by atoms with Gasteiger partial charge in [-0.05, 0) is 18.1 Å². The number of anilines is 1. The lowest BCUT2D eigenvalue weighted by Gasteiger charge is -2.07. The molecule has 1 aromatic carbocycles. The molecule has 0 aliphatic carbocycles. The smallest absolute Gasteiger partial charge is 0.271 e. The zero-order chi connectivity index (χ0) is 14.7. The first-order valence-electron chi connectivity index (χ1n) is 6.29. The molecule has 0 aliphatic heterocycles. The number of amides is 1. The van der Waals surface area contributed by atoms with Crippen LogP contribution in [-0.2, 0) is 20.2 Å². The van der Waals surface area contributed by atoms with Crippen LogP contribution in [0.15, 0.2) is 24.3 Å². The van der Waals surface area contributed by atoms with Crippen LogP contribution in [0, 0.1) is 6.92 Å². The summed E-state index contributed by atoms with van der Waals surface area (Å²) in [5, 5.41) is 15.9. The van der Waals surface area contributed by atoms with Crippen LogP contribution in [0.4, 0.5) is 5.69 Å². The monoisotopic (exact) mass is 274 g/mol. The van der Waals surface area contributed by atoms with Gasteiger partial charge < -0.3 is 16.2 Å². The van der Waals surface area contributed by atoms with Gasteiger partial charge in [0.05, 0.1) is 18.0 Å². The van der Waals surface area contributed by atoms with Gasteiger partial charge in [-0.2, -0.15) is 5.10 Å². The first-order chi connectivity index (χ1) is 9.52. The molecule has 0 fully saturated rings. The molecular weight excluding hydrogens is 256 g/mol. The van der Waals surface area contributed by atoms with E-state index in [2.05, 4.69) is 10.4 Å². The van der Waals surface area contributed by atoms with Crippen molar-refractivity contribution in [1.29, 1.82) is 0 Å². The molecule has 4 N–H and O–H groups in total. The number of aliphatic hydroxyl groups is 1. The molecule has 1 amide bonds. The van der Waals surface area contributed by atoms with E-state index in [0.29, 0.717) is 23.6 Å². The van der Waals surface area contributed by atoms with Crippen molar-refractivity contribution in [2.75, 3.05) is 5.73 Å². The highest BCUT2D eigenvalue weighted by Gasteiger charge is 2.17. The Labute approximate surface area is 117 Å². The fraction of sp³-hybridized carbons (Fsp3) is 0.286. The number of nitrogens with zero attached hydrogens (tertiary/aromatic N) is 2. The Morgan fingerprint density at radius 2 is 1.95 bits per heavy atom. The third-order valence-corrected chi connectivity index (χ3v) is 3.14. The highest BCUT2D eigenvalue weighted by atomic mass is 16.3. The fourth-order valence-electron chi connectivity index (χ4n) is 1.97. The number of nitrogens with one attached hydrogen (secondary N) is 1. The quantitative estimate of drug-likeness (QED) is 0.766. The number of rotatable bonds is 4. The predicted octanol–water partition coefficient (Wildman–Crippen LogP) is 0.733. The van der Waals surface area contributed by atoms with Crippen molar-refractivity contribution in [3.63, 3.8) is 0 Å². The minimum absolute atomic E-state index is 0.0114. The largest absolute Gasteiger partial charge is 0.395 e. The van der Waals surface area contributed by atoms with E-state index < -0.39 is 0 Å². The van der Waals surface area contributed by atoms with E-state index in [9.17, 15) is 4.79 Å². The van der Waals surface area contributed by atoms with Crippen molar-refractivity contribution >= 4 is 11.6 Å². The molecule has 6 heteroatoms. The van der Waals surface area contributed by atoms with E-state index in [4.69, 9.17) is 10.8 Å². The highest BCUT2D eigenvalue weighted by molar-refractivity contribution is 5.97. The molecule has 0 saturated heterocycles. The molecule has 0 unspecified atom stereocenters. The fourth-order valence-corrected chi connectivity index (χ4v) is 1.97. The summed E-state index contributed by atoms with van der Waals surface area (Å²) in [4.78, 5) is 12.1. The summed E-state index contributed by atoms with van der Waals surface area (Å²) in [7, 11) is 1.69. The van der Waals surface area contributed by atoms with Gasteiger partial charge >= 0.3 is 0 Å². The average molecular weight is 274 g/mol. The van der Waals surface area contributed by atoms with E-state index in [1.165, 1.54) is 4.68 Å². The van der Waals surface area contributed by atoms with Gasteiger partial charge in [-0.1, -0.05) is 24.3 Å². The van der Waals surface area contributed by atoms with E-state index in [1.807, 2.05) is 24.3 Å². The maximum absolute atomic E-state index is 12.1. The number of aromatic nitrogens is 2. The highest BCUT2D eigenvalue weighted by Crippen LogP contribution is 2.15. The van der Waals surface area contributed by atoms with Crippen molar-refractivity contribution < 1.29 is 9.90 Å². The lowest BCUT2D eigenvalue weighted by molar-refractivity contribution is 0.0942. The molecule has 2 aromatic rings. The molecule has 0 aliphatic rings. The van der Waals surface area contributed by atoms with Gasteiger partial charge in [-0.15, -0.1) is 0 Å². The second-order valence-electron chi connectivity index (χ2n) is 4.63. The standard InChI is InChI=1S/C14H18N4O2/c1-9-12(15)13(18(2)17-9)14(20)16-7-10-3-5-11(8-19)6-4-10/h3-6,19H,7-8,15H2,1-2H3,(H,16,20). The zero-order valence-corrected chi connectivity index (χ0v) is 11.6. The number of hydrogen-bond donors (Lipinski definition) is 3. The van der Waals surface area contributed by atoms with E-state index in [1.54, 1.807) is 14.0 Å². The van der Waals surface area contributed by atoms with Crippen LogP contribution in [-0.4, -0.2) is 20.8 Å². The first kappa shape index (κ1) is 14.1. The topological polar surface area (TPSA) is 93.2 Å². The number of hydrogen-bond acceptors (Lipinski definition) is 4. The van der Waals surface area contributed by atoms with Crippen molar-refractivity contribution in [3.8, 4) is 0 Å². The number of nitrogen functional groups attached to an aromatic ring is 1. The van der Waals surface area contributed by atoms with E-state index in [0.717, 1.165) is 11.1 Å². The molecule has 6 nitrogen and oxygen atoms in total. The Hall–Kier alpha value is -2.34. The van der Waals surface area contributed by atoms with E-state index in [-0.39, 0.29) is 12.5 Å². The molecule has 0 atom stereocenters. The summed E-state index contributed by atoms with van der Waals surface area (Å²) in [5.74, 6) is -0.253. The van der Waals surface area contributed by atoms with Crippen LogP contribution in [0.25, 0.3) is 0 Å². The van der Waals surface area contributed by atoms with Gasteiger partial charge in [-0.3, -0.25) is 9.48 Å². The minimum Gasteiger partial charge on any atom is -0.395 e. The second kappa shape index (κ2) is 5.75. The summed E-state index contributed by atoms with van der Waals surface area (Å²) in [6.07, 6.45) is 0. The first-order valence-corrected chi connectivity index (χ1v) is 6.29. The van der Waals surface area contributed by atoms with Gasteiger partial charge in [0.2, 0.25) is 0 Å². The molecule has 20 heavy (non-hydrogen) atoms. The van der Waals surface area contributed by atoms with Crippen LogP contribution in [0.2, 0.25) is 0 Å². The van der Waals surface area contributed by atoms with Crippen LogP contribution >= 0.6 is 0 Å². The van der Waals surface area contributed by atoms with E-state index >= 15 is 0 Å². The van der Waals surface area contributed by atoms with Crippen LogP contribution in [0.5, 0.6) is 0 Å². The lowest BCUT2D eigenvalue weighted by Crippen LogP contribution is -2.26. The number of carbonyl (C=O) groups is 1. The maximum atomic E-state index is 12.1. The predicted molar refractivity (Wildman–Crippen MR) is 75.9 cm³/mol. The third kappa shape index (κ3) is 2.80. The van der Waals surface area contributed by atoms with Crippen molar-refractivity contribution in [3.05, 3.63) is 46.8 Å². The van der Waals surface area contributed by atoms with Gasteiger partial charge in [0.25, 0.3) is 5.91 Å². The Morgan fingerprint density at radius 1 is 1.35 bits per heavy atom. The lowest BCUT2D eigenvalue weighted by atomic mass is 10.1. The average Bonchev–Trinajstić information content (AvgIpc) is 2.70. The number of benzene rings is 1. The van der Waals surface area contributed by atoms with Gasteiger partial charge in [-0.25, -0.2) is 0 Å². The number of aliphatic hydroxyl groups excluding tert-OH is 1. The molecular formula is C14H18N4O2. The summed E-state index contributed by atoms with van der Waals surface area (Å²) < 4.78 is 1.48. The summed E-state index contributed by atoms with van der Waals surface area (Å²) in [6, 6.07) is 7.38. The summed E-state index contributed by atoms with van der Waals surface area (Å²) >= 11 is 0. The minimum atomic E-state index is -0.253. The van der Waals surface area contributed by atoms with Crippen molar-refractivity contribution in [2.24, 2.45) is 7.05 Å².